The smallest absolute Gasteiger partial charge is 0.311 e. The van der Waals surface area contributed by atoms with Gasteiger partial charge in [0, 0.05) is 6.61 Å². The summed E-state index contributed by atoms with van der Waals surface area (Å²) in [5.74, 6) is 0.319. The number of unbranched alkanes of at least 4 members (excludes halogenated alkanes) is 1. The van der Waals surface area contributed by atoms with E-state index in [1.165, 1.54) is 19.3 Å². The van der Waals surface area contributed by atoms with E-state index in [1.807, 2.05) is 55.4 Å². The highest BCUT2D eigenvalue weighted by Gasteiger charge is 2.30. The first-order valence-electron chi connectivity index (χ1n) is 19.1. The summed E-state index contributed by atoms with van der Waals surface area (Å²) in [4.78, 5) is 34.5. The summed E-state index contributed by atoms with van der Waals surface area (Å²) in [6, 6.07) is 1.05. The molecule has 0 bridgehead atoms. The van der Waals surface area contributed by atoms with Crippen LogP contribution in [0.3, 0.4) is 0 Å². The van der Waals surface area contributed by atoms with Crippen LogP contribution >= 0.6 is 0 Å². The standard InChI is InChI=1S/C14H32O3Si2.C13H26O2.C11H22O4/c1-9-14(2,3)13(15)16-11-10-12-19(7,8)17-18(4,5)6;1-5-8-9-12(7-3)10-15-13(14)11(4)6-2;1-4-10(3)11(12)15-9-8-14-7-6-13-5-2/h9-12H2,1-8H3;11-12H,5-10H2,1-4H3;10H,4-9H2,1-3H3. The summed E-state index contributed by atoms with van der Waals surface area (Å²) in [7, 11) is -3.05. The van der Waals surface area contributed by atoms with Crippen LogP contribution < -0.4 is 0 Å². The predicted octanol–water partition coefficient (Wildman–Crippen LogP) is 9.83. The van der Waals surface area contributed by atoms with Gasteiger partial charge in [-0.05, 0) is 97.6 Å². The lowest BCUT2D eigenvalue weighted by Crippen LogP contribution is -2.42. The Morgan fingerprint density at radius 2 is 1.18 bits per heavy atom. The number of ether oxygens (including phenoxy) is 5. The number of carbonyl (C=O) groups excluding carboxylic acids is 3. The molecule has 0 rings (SSSR count). The maximum atomic E-state index is 11.8. The van der Waals surface area contributed by atoms with E-state index in [1.54, 1.807) is 0 Å². The van der Waals surface area contributed by atoms with Crippen molar-refractivity contribution in [2.45, 2.75) is 159 Å². The molecule has 0 aliphatic rings. The van der Waals surface area contributed by atoms with E-state index in [9.17, 15) is 14.4 Å². The first kappa shape index (κ1) is 52.1. The Morgan fingerprint density at radius 1 is 0.653 bits per heavy atom. The summed E-state index contributed by atoms with van der Waals surface area (Å²) in [6.07, 6.45) is 8.14. The number of hydrogen-bond donors (Lipinski definition) is 0. The largest absolute Gasteiger partial charge is 0.465 e. The minimum atomic E-state index is -1.59. The normalized spacial score (nSPS) is 13.5. The van der Waals surface area contributed by atoms with Crippen LogP contribution in [-0.4, -0.2) is 80.8 Å². The maximum Gasteiger partial charge on any atom is 0.311 e. The van der Waals surface area contributed by atoms with Crippen LogP contribution in [0.2, 0.25) is 38.8 Å². The molecule has 49 heavy (non-hydrogen) atoms. The second kappa shape index (κ2) is 30.4. The molecular weight excluding hydrogens is 657 g/mol. The van der Waals surface area contributed by atoms with Gasteiger partial charge in [0.1, 0.15) is 6.61 Å². The lowest BCUT2D eigenvalue weighted by molar-refractivity contribution is -0.154. The molecule has 11 heteroatoms. The van der Waals surface area contributed by atoms with Crippen molar-refractivity contribution < 1.29 is 42.2 Å². The lowest BCUT2D eigenvalue weighted by atomic mass is 9.91. The van der Waals surface area contributed by atoms with Gasteiger partial charge in [-0.3, -0.25) is 14.4 Å². The van der Waals surface area contributed by atoms with Crippen LogP contribution in [0.4, 0.5) is 0 Å². The summed E-state index contributed by atoms with van der Waals surface area (Å²) in [5, 5.41) is 0. The average molecular weight is 737 g/mol. The minimum absolute atomic E-state index is 0.0200. The van der Waals surface area contributed by atoms with Crippen molar-refractivity contribution in [1.82, 2.24) is 0 Å². The first-order valence-corrected chi connectivity index (χ1v) is 25.7. The molecule has 9 nitrogen and oxygen atoms in total. The molecule has 0 spiro atoms. The first-order chi connectivity index (χ1) is 22.8. The highest BCUT2D eigenvalue weighted by atomic mass is 28.4. The summed E-state index contributed by atoms with van der Waals surface area (Å²) < 4.78 is 32.2. The number of hydrogen-bond acceptors (Lipinski definition) is 9. The Kier molecular flexibility index (Phi) is 32.3. The molecule has 0 amide bonds. The van der Waals surface area contributed by atoms with Crippen molar-refractivity contribution in [2.24, 2.45) is 23.2 Å². The number of carbonyl (C=O) groups is 3. The second-order valence-electron chi connectivity index (χ2n) is 15.1. The predicted molar refractivity (Wildman–Crippen MR) is 208 cm³/mol. The third kappa shape index (κ3) is 32.4. The molecule has 0 N–H and O–H groups in total. The van der Waals surface area contributed by atoms with Crippen LogP contribution in [0.5, 0.6) is 0 Å². The topological polar surface area (TPSA) is 107 Å². The minimum Gasteiger partial charge on any atom is -0.465 e. The highest BCUT2D eigenvalue weighted by molar-refractivity contribution is 6.84. The van der Waals surface area contributed by atoms with E-state index >= 15 is 0 Å². The van der Waals surface area contributed by atoms with Crippen LogP contribution in [0.1, 0.15) is 121 Å². The Balaban J connectivity index is -0.000000655. The molecule has 0 aromatic rings. The van der Waals surface area contributed by atoms with Crippen LogP contribution in [-0.2, 0) is 42.2 Å². The van der Waals surface area contributed by atoms with Crippen molar-refractivity contribution in [2.75, 3.05) is 46.2 Å². The van der Waals surface area contributed by atoms with Crippen LogP contribution in [0, 0.1) is 23.2 Å². The van der Waals surface area contributed by atoms with E-state index in [2.05, 4.69) is 46.6 Å². The van der Waals surface area contributed by atoms with Crippen molar-refractivity contribution in [3.8, 4) is 0 Å². The van der Waals surface area contributed by atoms with Gasteiger partial charge in [-0.25, -0.2) is 0 Å². The van der Waals surface area contributed by atoms with Crippen LogP contribution in [0.15, 0.2) is 0 Å². The summed E-state index contributed by atoms with van der Waals surface area (Å²) in [5.41, 5.74) is -0.359. The zero-order chi connectivity index (χ0) is 38.5. The molecule has 0 aromatic heterocycles. The SMILES string of the molecule is CCC(C)(C)C(=O)OCCC[Si](C)(C)O[Si](C)(C)C.CCCCC(CC)COC(=O)C(C)CC.CCOCCOCCOC(=O)C(C)CC. The Hall–Kier alpha value is -1.28. The van der Waals surface area contributed by atoms with E-state index in [-0.39, 0.29) is 35.2 Å². The van der Waals surface area contributed by atoms with Gasteiger partial charge in [-0.15, -0.1) is 0 Å². The van der Waals surface area contributed by atoms with E-state index in [0.717, 1.165) is 38.1 Å². The number of rotatable bonds is 25. The molecule has 294 valence electrons. The van der Waals surface area contributed by atoms with E-state index in [0.29, 0.717) is 52.2 Å². The molecule has 0 aliphatic carbocycles. The molecule has 0 aliphatic heterocycles. The highest BCUT2D eigenvalue weighted by Crippen LogP contribution is 2.23. The molecule has 3 unspecified atom stereocenters. The third-order valence-corrected chi connectivity index (χ3v) is 14.5. The zero-order valence-corrected chi connectivity index (χ0v) is 36.7. The Morgan fingerprint density at radius 3 is 1.65 bits per heavy atom. The molecule has 3 atom stereocenters. The average Bonchev–Trinajstić information content (AvgIpc) is 3.04. The zero-order valence-electron chi connectivity index (χ0n) is 34.7. The molecular formula is C38H80O9Si2. The van der Waals surface area contributed by atoms with Crippen molar-refractivity contribution in [3.05, 3.63) is 0 Å². The van der Waals surface area contributed by atoms with Crippen molar-refractivity contribution in [3.63, 3.8) is 0 Å². The Labute approximate surface area is 304 Å². The quantitative estimate of drug-likeness (QED) is 0.0392. The molecule has 0 radical (unpaired) electrons. The number of esters is 3. The fraction of sp³-hybridized carbons (Fsp3) is 0.921. The van der Waals surface area contributed by atoms with Gasteiger partial charge in [0.25, 0.3) is 0 Å². The van der Waals surface area contributed by atoms with Crippen molar-refractivity contribution >= 4 is 34.5 Å². The second-order valence-corrected chi connectivity index (χ2v) is 24.2. The summed E-state index contributed by atoms with van der Waals surface area (Å²) in [6.45, 7) is 34.9. The fourth-order valence-electron chi connectivity index (χ4n) is 4.16. The van der Waals surface area contributed by atoms with Gasteiger partial charge >= 0.3 is 17.9 Å². The Bertz CT molecular complexity index is 829. The molecule has 0 aromatic carbocycles. The third-order valence-electron chi connectivity index (χ3n) is 8.26. The van der Waals surface area contributed by atoms with Gasteiger partial charge < -0.3 is 27.8 Å². The maximum absolute atomic E-state index is 11.8. The van der Waals surface area contributed by atoms with Gasteiger partial charge in [-0.1, -0.05) is 67.7 Å². The lowest BCUT2D eigenvalue weighted by Gasteiger charge is -2.31. The fourth-order valence-corrected chi connectivity index (χ4v) is 12.2. The van der Waals surface area contributed by atoms with Gasteiger partial charge in [-0.2, -0.15) is 0 Å². The molecule has 0 heterocycles. The molecule has 0 saturated heterocycles. The van der Waals surface area contributed by atoms with E-state index < -0.39 is 16.6 Å². The van der Waals surface area contributed by atoms with Gasteiger partial charge in [0.05, 0.1) is 50.3 Å². The monoisotopic (exact) mass is 737 g/mol. The van der Waals surface area contributed by atoms with Crippen LogP contribution in [0.25, 0.3) is 0 Å². The molecule has 0 fully saturated rings. The summed E-state index contributed by atoms with van der Waals surface area (Å²) >= 11 is 0. The molecule has 0 saturated carbocycles. The van der Waals surface area contributed by atoms with E-state index in [4.69, 9.17) is 27.8 Å². The van der Waals surface area contributed by atoms with Crippen molar-refractivity contribution in [1.29, 1.82) is 0 Å². The van der Waals surface area contributed by atoms with Gasteiger partial charge in [0.2, 0.25) is 0 Å². The van der Waals surface area contributed by atoms with Gasteiger partial charge in [0.15, 0.2) is 16.6 Å².